The molecule has 0 spiro atoms. The molecule has 0 radical (unpaired) electrons. The van der Waals surface area contributed by atoms with E-state index in [0.29, 0.717) is 28.5 Å². The minimum atomic E-state index is 0.499. The van der Waals surface area contributed by atoms with Crippen molar-refractivity contribution in [1.29, 1.82) is 0 Å². The lowest BCUT2D eigenvalue weighted by Gasteiger charge is -2.00. The summed E-state index contributed by atoms with van der Waals surface area (Å²) in [5.74, 6) is 2.09. The number of aromatic nitrogens is 4. The Morgan fingerprint density at radius 1 is 1.14 bits per heavy atom. The molecule has 6 nitrogen and oxygen atoms in total. The largest absolute Gasteiger partial charge is 0.419 e. The highest BCUT2D eigenvalue weighted by Gasteiger charge is 2.12. The molecule has 0 saturated heterocycles. The Hall–Kier alpha value is -1.97. The lowest BCUT2D eigenvalue weighted by atomic mass is 10.4. The third kappa shape index (κ3) is 2.58. The van der Waals surface area contributed by atoms with Gasteiger partial charge in [0.05, 0.1) is 16.0 Å². The number of fused-ring (bicyclic) bond motifs is 1. The fraction of sp³-hybridized carbons (Fsp3) is 0.0769. The van der Waals surface area contributed by atoms with Gasteiger partial charge in [-0.15, -0.1) is 32.9 Å². The Morgan fingerprint density at radius 3 is 2.95 bits per heavy atom. The minimum absolute atomic E-state index is 0.499. The first-order valence-electron chi connectivity index (χ1n) is 6.29. The molecule has 0 fully saturated rings. The van der Waals surface area contributed by atoms with E-state index >= 15 is 0 Å². The average Bonchev–Trinajstić information content (AvgIpc) is 3.25. The van der Waals surface area contributed by atoms with E-state index < -0.39 is 0 Å². The molecule has 0 aliphatic carbocycles. The molecule has 110 valence electrons. The van der Waals surface area contributed by atoms with Gasteiger partial charge < -0.3 is 10.2 Å². The van der Waals surface area contributed by atoms with Crippen molar-refractivity contribution in [2.24, 2.45) is 0 Å². The first kappa shape index (κ1) is 13.7. The van der Waals surface area contributed by atoms with Crippen LogP contribution in [0.5, 0.6) is 0 Å². The molecule has 4 rings (SSSR count). The molecule has 0 amide bonds. The van der Waals surface area contributed by atoms with Crippen molar-refractivity contribution in [3.63, 3.8) is 0 Å². The van der Waals surface area contributed by atoms with Crippen molar-refractivity contribution in [2.75, 3.05) is 5.73 Å². The molecular formula is C13H9N5OS3. The standard InChI is InChI=1S/C13H9N5OS3/c14-10-7-3-5-21-12(7)16-13(15-10)22-6-9-17-18-11(19-9)8-2-1-4-20-8/h1-5H,6H2,(H2,14,15,16). The van der Waals surface area contributed by atoms with Gasteiger partial charge in [0.2, 0.25) is 5.89 Å². The van der Waals surface area contributed by atoms with Gasteiger partial charge in [0, 0.05) is 0 Å². The molecular weight excluding hydrogens is 338 g/mol. The number of nitrogen functional groups attached to an aromatic ring is 1. The van der Waals surface area contributed by atoms with Crippen LogP contribution in [-0.4, -0.2) is 20.2 Å². The number of rotatable bonds is 4. The van der Waals surface area contributed by atoms with Gasteiger partial charge in [-0.1, -0.05) is 17.8 Å². The molecule has 4 heterocycles. The van der Waals surface area contributed by atoms with Crippen LogP contribution >= 0.6 is 34.4 Å². The summed E-state index contributed by atoms with van der Waals surface area (Å²) in [6, 6.07) is 5.82. The van der Waals surface area contributed by atoms with Crippen LogP contribution in [0.2, 0.25) is 0 Å². The lowest BCUT2D eigenvalue weighted by Crippen LogP contribution is -1.95. The van der Waals surface area contributed by atoms with E-state index in [-0.39, 0.29) is 0 Å². The van der Waals surface area contributed by atoms with E-state index in [0.717, 1.165) is 15.1 Å². The normalized spacial score (nSPS) is 11.3. The van der Waals surface area contributed by atoms with Crippen LogP contribution in [-0.2, 0) is 5.75 Å². The summed E-state index contributed by atoms with van der Waals surface area (Å²) in [4.78, 5) is 10.6. The SMILES string of the molecule is Nc1nc(SCc2nnc(-c3cccs3)o2)nc2sccc12. The maximum atomic E-state index is 5.93. The van der Waals surface area contributed by atoms with Crippen LogP contribution in [0.1, 0.15) is 5.89 Å². The number of hydrogen-bond acceptors (Lipinski definition) is 9. The summed E-state index contributed by atoms with van der Waals surface area (Å²) in [6.07, 6.45) is 0. The zero-order valence-electron chi connectivity index (χ0n) is 11.1. The van der Waals surface area contributed by atoms with Crippen LogP contribution < -0.4 is 5.73 Å². The van der Waals surface area contributed by atoms with E-state index in [4.69, 9.17) is 10.2 Å². The molecule has 0 bridgehead atoms. The molecule has 9 heteroatoms. The quantitative estimate of drug-likeness (QED) is 0.445. The topological polar surface area (TPSA) is 90.7 Å². The predicted octanol–water partition coefficient (Wildman–Crippen LogP) is 3.68. The summed E-state index contributed by atoms with van der Waals surface area (Å²) >= 11 is 4.54. The molecule has 22 heavy (non-hydrogen) atoms. The van der Waals surface area contributed by atoms with Gasteiger partial charge in [0.25, 0.3) is 5.89 Å². The van der Waals surface area contributed by atoms with E-state index in [2.05, 4.69) is 20.2 Å². The molecule has 0 aliphatic heterocycles. The number of nitrogens with two attached hydrogens (primary N) is 1. The summed E-state index contributed by atoms with van der Waals surface area (Å²) < 4.78 is 5.64. The molecule has 2 N–H and O–H groups in total. The van der Waals surface area contributed by atoms with E-state index in [1.807, 2.05) is 29.0 Å². The van der Waals surface area contributed by atoms with Gasteiger partial charge in [0.15, 0.2) is 5.16 Å². The van der Waals surface area contributed by atoms with Crippen molar-refractivity contribution in [2.45, 2.75) is 10.9 Å². The van der Waals surface area contributed by atoms with Crippen molar-refractivity contribution in [3.05, 3.63) is 34.8 Å². The van der Waals surface area contributed by atoms with E-state index in [9.17, 15) is 0 Å². The van der Waals surface area contributed by atoms with Gasteiger partial charge in [-0.2, -0.15) is 0 Å². The Morgan fingerprint density at radius 2 is 2.09 bits per heavy atom. The Kier molecular flexibility index (Phi) is 3.53. The van der Waals surface area contributed by atoms with Crippen molar-refractivity contribution >= 4 is 50.5 Å². The fourth-order valence-corrected chi connectivity index (χ4v) is 4.02. The second kappa shape index (κ2) is 5.67. The smallest absolute Gasteiger partial charge is 0.257 e. The monoisotopic (exact) mass is 347 g/mol. The van der Waals surface area contributed by atoms with E-state index in [1.54, 1.807) is 22.7 Å². The van der Waals surface area contributed by atoms with Crippen LogP contribution in [0.15, 0.2) is 38.5 Å². The van der Waals surface area contributed by atoms with E-state index in [1.165, 1.54) is 11.8 Å². The third-order valence-electron chi connectivity index (χ3n) is 2.86. The number of hydrogen-bond donors (Lipinski definition) is 1. The van der Waals surface area contributed by atoms with Crippen molar-refractivity contribution in [1.82, 2.24) is 20.2 Å². The fourth-order valence-electron chi connectivity index (χ4n) is 1.86. The molecule has 0 unspecified atom stereocenters. The van der Waals surface area contributed by atoms with Gasteiger partial charge in [-0.05, 0) is 22.9 Å². The molecule has 0 saturated carbocycles. The van der Waals surface area contributed by atoms with Crippen LogP contribution in [0.4, 0.5) is 5.82 Å². The molecule has 0 aromatic carbocycles. The highest BCUT2D eigenvalue weighted by molar-refractivity contribution is 7.98. The molecule has 0 atom stereocenters. The Balaban J connectivity index is 1.52. The second-order valence-electron chi connectivity index (χ2n) is 4.30. The van der Waals surface area contributed by atoms with Crippen LogP contribution in [0.3, 0.4) is 0 Å². The number of nitrogens with zero attached hydrogens (tertiary/aromatic N) is 4. The third-order valence-corrected chi connectivity index (χ3v) is 5.35. The first-order chi connectivity index (χ1) is 10.8. The highest BCUT2D eigenvalue weighted by Crippen LogP contribution is 2.28. The van der Waals surface area contributed by atoms with Crippen LogP contribution in [0, 0.1) is 0 Å². The summed E-state index contributed by atoms with van der Waals surface area (Å²) in [7, 11) is 0. The van der Waals surface area contributed by atoms with Crippen molar-refractivity contribution < 1.29 is 4.42 Å². The van der Waals surface area contributed by atoms with Crippen molar-refractivity contribution in [3.8, 4) is 10.8 Å². The highest BCUT2D eigenvalue weighted by atomic mass is 32.2. The molecule has 4 aromatic rings. The van der Waals surface area contributed by atoms with Gasteiger partial charge >= 0.3 is 0 Å². The number of anilines is 1. The average molecular weight is 347 g/mol. The predicted molar refractivity (Wildman–Crippen MR) is 89.0 cm³/mol. The molecule has 4 aromatic heterocycles. The molecule has 0 aliphatic rings. The van der Waals surface area contributed by atoms with Crippen LogP contribution in [0.25, 0.3) is 21.0 Å². The van der Waals surface area contributed by atoms with Gasteiger partial charge in [0.1, 0.15) is 10.6 Å². The minimum Gasteiger partial charge on any atom is -0.419 e. The second-order valence-corrected chi connectivity index (χ2v) is 7.08. The number of thioether (sulfide) groups is 1. The van der Waals surface area contributed by atoms with Gasteiger partial charge in [-0.3, -0.25) is 0 Å². The zero-order chi connectivity index (χ0) is 14.9. The summed E-state index contributed by atoms with van der Waals surface area (Å²) in [5.41, 5.74) is 5.93. The Labute approximate surface area is 137 Å². The number of thiophene rings is 2. The lowest BCUT2D eigenvalue weighted by molar-refractivity contribution is 0.529. The maximum Gasteiger partial charge on any atom is 0.257 e. The maximum absolute atomic E-state index is 5.93. The summed E-state index contributed by atoms with van der Waals surface area (Å²) in [6.45, 7) is 0. The zero-order valence-corrected chi connectivity index (χ0v) is 13.5. The van der Waals surface area contributed by atoms with Gasteiger partial charge in [-0.25, -0.2) is 9.97 Å². The summed E-state index contributed by atoms with van der Waals surface area (Å²) in [5, 5.41) is 13.5. The Bertz CT molecular complexity index is 915. The first-order valence-corrected chi connectivity index (χ1v) is 9.04.